The van der Waals surface area contributed by atoms with Crippen molar-refractivity contribution in [1.82, 2.24) is 4.90 Å². The quantitative estimate of drug-likeness (QED) is 0.636. The molecule has 0 N–H and O–H groups in total. The molecule has 2 aromatic carbocycles. The van der Waals surface area contributed by atoms with Gasteiger partial charge >= 0.3 is 6.09 Å². The van der Waals surface area contributed by atoms with Crippen LogP contribution in [0.2, 0.25) is 0 Å². The molecule has 6 heteroatoms. The van der Waals surface area contributed by atoms with Crippen LogP contribution in [0.25, 0.3) is 0 Å². The van der Waals surface area contributed by atoms with Crippen molar-refractivity contribution >= 4 is 12.0 Å². The van der Waals surface area contributed by atoms with Gasteiger partial charge in [0.1, 0.15) is 18.5 Å². The smallest absolute Gasteiger partial charge is 0.417 e. The maximum Gasteiger partial charge on any atom is 0.417 e. The molecular formula is C25H28FNO4. The van der Waals surface area contributed by atoms with Crippen LogP contribution < -0.4 is 0 Å². The number of carbonyl (C=O) groups excluding carboxylic acids is 2. The summed E-state index contributed by atoms with van der Waals surface area (Å²) in [6, 6.07) is 15.4. The number of cyclic esters (lactones) is 1. The maximum absolute atomic E-state index is 13.5. The molecule has 1 heterocycles. The molecule has 31 heavy (non-hydrogen) atoms. The molecule has 1 aliphatic carbocycles. The van der Waals surface area contributed by atoms with E-state index in [4.69, 9.17) is 9.47 Å². The number of hydrogen-bond acceptors (Lipinski definition) is 4. The van der Waals surface area contributed by atoms with Gasteiger partial charge in [-0.3, -0.25) is 4.79 Å². The van der Waals surface area contributed by atoms with Crippen molar-refractivity contribution in [2.45, 2.75) is 50.2 Å². The first-order valence-electron chi connectivity index (χ1n) is 10.9. The predicted octanol–water partition coefficient (Wildman–Crippen LogP) is 5.22. The first-order valence-corrected chi connectivity index (χ1v) is 10.9. The molecule has 4 rings (SSSR count). The number of nitrogens with zero attached hydrogens (tertiary/aromatic N) is 1. The fraction of sp³-hybridized carbons (Fsp3) is 0.440. The lowest BCUT2D eigenvalue weighted by Gasteiger charge is -2.34. The SMILES string of the molecule is COC1CCC(C(CC(=O)N2C(=O)OCC2c2ccccc2)c2ccc(F)cc2)CC1. The molecule has 0 spiro atoms. The lowest BCUT2D eigenvalue weighted by atomic mass is 9.74. The molecule has 2 atom stereocenters. The van der Waals surface area contributed by atoms with Crippen molar-refractivity contribution in [3.05, 3.63) is 71.5 Å². The lowest BCUT2D eigenvalue weighted by Crippen LogP contribution is -2.36. The fourth-order valence-corrected chi connectivity index (χ4v) is 4.90. The van der Waals surface area contributed by atoms with Crippen molar-refractivity contribution in [3.8, 4) is 0 Å². The van der Waals surface area contributed by atoms with E-state index in [0.29, 0.717) is 0 Å². The molecule has 2 unspecified atom stereocenters. The summed E-state index contributed by atoms with van der Waals surface area (Å²) >= 11 is 0. The Morgan fingerprint density at radius 3 is 2.42 bits per heavy atom. The Bertz CT molecular complexity index is 893. The first-order chi connectivity index (χ1) is 15.1. The molecule has 0 aromatic heterocycles. The molecular weight excluding hydrogens is 397 g/mol. The second kappa shape index (κ2) is 9.60. The van der Waals surface area contributed by atoms with E-state index in [1.54, 1.807) is 19.2 Å². The zero-order chi connectivity index (χ0) is 21.8. The number of halogens is 1. The van der Waals surface area contributed by atoms with E-state index in [2.05, 4.69) is 0 Å². The topological polar surface area (TPSA) is 55.8 Å². The summed E-state index contributed by atoms with van der Waals surface area (Å²) in [6.07, 6.45) is 3.57. The first kappa shape index (κ1) is 21.5. The summed E-state index contributed by atoms with van der Waals surface area (Å²) in [5.74, 6) is -0.367. The van der Waals surface area contributed by atoms with Crippen molar-refractivity contribution in [3.63, 3.8) is 0 Å². The van der Waals surface area contributed by atoms with E-state index >= 15 is 0 Å². The van der Waals surface area contributed by atoms with E-state index in [0.717, 1.165) is 36.8 Å². The molecule has 2 aliphatic rings. The Labute approximate surface area is 182 Å². The third-order valence-electron chi connectivity index (χ3n) is 6.64. The van der Waals surface area contributed by atoms with Gasteiger partial charge in [-0.1, -0.05) is 42.5 Å². The second-order valence-electron chi connectivity index (χ2n) is 8.40. The van der Waals surface area contributed by atoms with Crippen LogP contribution in [0.3, 0.4) is 0 Å². The minimum atomic E-state index is -0.597. The predicted molar refractivity (Wildman–Crippen MR) is 114 cm³/mol. The Morgan fingerprint density at radius 2 is 1.77 bits per heavy atom. The zero-order valence-electron chi connectivity index (χ0n) is 17.7. The normalized spacial score (nSPS) is 24.6. The number of carbonyl (C=O) groups is 2. The van der Waals surface area contributed by atoms with Gasteiger partial charge in [0.05, 0.1) is 6.10 Å². The minimum Gasteiger partial charge on any atom is -0.446 e. The van der Waals surface area contributed by atoms with Crippen LogP contribution in [-0.4, -0.2) is 36.7 Å². The average molecular weight is 426 g/mol. The van der Waals surface area contributed by atoms with Gasteiger partial charge in [-0.25, -0.2) is 14.1 Å². The number of ether oxygens (including phenoxy) is 2. The van der Waals surface area contributed by atoms with Crippen LogP contribution >= 0.6 is 0 Å². The number of hydrogen-bond donors (Lipinski definition) is 0. The maximum atomic E-state index is 13.5. The Morgan fingerprint density at radius 1 is 1.10 bits per heavy atom. The van der Waals surface area contributed by atoms with Gasteiger partial charge in [-0.05, 0) is 60.8 Å². The Balaban J connectivity index is 1.56. The van der Waals surface area contributed by atoms with Crippen molar-refractivity contribution < 1.29 is 23.5 Å². The summed E-state index contributed by atoms with van der Waals surface area (Å²) in [5, 5.41) is 0. The third kappa shape index (κ3) is 4.79. The molecule has 1 aliphatic heterocycles. The number of rotatable bonds is 6. The average Bonchev–Trinajstić information content (AvgIpc) is 3.20. The van der Waals surface area contributed by atoms with Gasteiger partial charge in [-0.15, -0.1) is 0 Å². The minimum absolute atomic E-state index is 0.0873. The van der Waals surface area contributed by atoms with Gasteiger partial charge < -0.3 is 9.47 Å². The van der Waals surface area contributed by atoms with Crippen LogP contribution in [0.5, 0.6) is 0 Å². The van der Waals surface area contributed by atoms with Crippen LogP contribution in [0, 0.1) is 11.7 Å². The van der Waals surface area contributed by atoms with E-state index in [-0.39, 0.29) is 42.7 Å². The van der Waals surface area contributed by atoms with Gasteiger partial charge in [0, 0.05) is 13.5 Å². The molecule has 0 bridgehead atoms. The third-order valence-corrected chi connectivity index (χ3v) is 6.64. The molecule has 2 aromatic rings. The molecule has 0 radical (unpaired) electrons. The largest absolute Gasteiger partial charge is 0.446 e. The Hall–Kier alpha value is -2.73. The molecule has 5 nitrogen and oxygen atoms in total. The molecule has 1 saturated carbocycles. The number of methoxy groups -OCH3 is 1. The standard InChI is InChI=1S/C25H28FNO4/c1-30-21-13-9-18(10-14-21)22(17-7-11-20(26)12-8-17)15-24(28)27-23(16-31-25(27)29)19-5-3-2-4-6-19/h2-8,11-12,18,21-23H,9-10,13-16H2,1H3. The van der Waals surface area contributed by atoms with E-state index in [1.807, 2.05) is 30.3 Å². The summed E-state index contributed by atoms with van der Waals surface area (Å²) in [4.78, 5) is 27.1. The molecule has 2 amide bonds. The highest BCUT2D eigenvalue weighted by Gasteiger charge is 2.40. The van der Waals surface area contributed by atoms with Crippen molar-refractivity contribution in [1.29, 1.82) is 0 Å². The Kier molecular flexibility index (Phi) is 6.66. The van der Waals surface area contributed by atoms with Gasteiger partial charge in [-0.2, -0.15) is 0 Å². The number of benzene rings is 2. The molecule has 1 saturated heterocycles. The van der Waals surface area contributed by atoms with Crippen LogP contribution in [0.15, 0.2) is 54.6 Å². The summed E-state index contributed by atoms with van der Waals surface area (Å²) in [5.41, 5.74) is 1.81. The molecule has 2 fully saturated rings. The zero-order valence-corrected chi connectivity index (χ0v) is 17.7. The monoisotopic (exact) mass is 425 g/mol. The van der Waals surface area contributed by atoms with Gasteiger partial charge in [0.25, 0.3) is 0 Å². The van der Waals surface area contributed by atoms with E-state index in [1.165, 1.54) is 17.0 Å². The summed E-state index contributed by atoms with van der Waals surface area (Å²) in [6.45, 7) is 0.161. The summed E-state index contributed by atoms with van der Waals surface area (Å²) in [7, 11) is 1.73. The highest BCUT2D eigenvalue weighted by atomic mass is 19.1. The van der Waals surface area contributed by atoms with E-state index < -0.39 is 12.1 Å². The lowest BCUT2D eigenvalue weighted by molar-refractivity contribution is -0.130. The van der Waals surface area contributed by atoms with Crippen LogP contribution in [0.4, 0.5) is 9.18 Å². The number of amides is 2. The second-order valence-corrected chi connectivity index (χ2v) is 8.40. The summed E-state index contributed by atoms with van der Waals surface area (Å²) < 4.78 is 24.3. The highest BCUT2D eigenvalue weighted by Crippen LogP contribution is 2.40. The van der Waals surface area contributed by atoms with Gasteiger partial charge in [0.2, 0.25) is 5.91 Å². The van der Waals surface area contributed by atoms with Crippen molar-refractivity contribution in [2.24, 2.45) is 5.92 Å². The number of imide groups is 1. The van der Waals surface area contributed by atoms with Crippen molar-refractivity contribution in [2.75, 3.05) is 13.7 Å². The van der Waals surface area contributed by atoms with Crippen LogP contribution in [0.1, 0.15) is 55.2 Å². The highest BCUT2D eigenvalue weighted by molar-refractivity contribution is 5.94. The molecule has 164 valence electrons. The van der Waals surface area contributed by atoms with Gasteiger partial charge in [0.15, 0.2) is 0 Å². The van der Waals surface area contributed by atoms with E-state index in [9.17, 15) is 14.0 Å². The van der Waals surface area contributed by atoms with Crippen LogP contribution in [-0.2, 0) is 14.3 Å². The fourth-order valence-electron chi connectivity index (χ4n) is 4.90.